The summed E-state index contributed by atoms with van der Waals surface area (Å²) in [4.78, 5) is 11.3. The molecule has 4 nitrogen and oxygen atoms in total. The van der Waals surface area contributed by atoms with Gasteiger partial charge in [-0.2, -0.15) is 5.10 Å². The first-order chi connectivity index (χ1) is 7.31. The third-order valence-corrected chi connectivity index (χ3v) is 2.10. The maximum atomic E-state index is 11.3. The second-order valence-corrected chi connectivity index (χ2v) is 3.04. The third kappa shape index (κ3) is 1.88. The number of benzene rings is 1. The van der Waals surface area contributed by atoms with Gasteiger partial charge in [-0.15, -0.1) is 0 Å². The monoisotopic (exact) mass is 202 g/mol. The van der Waals surface area contributed by atoms with E-state index in [1.54, 1.807) is 18.3 Å². The van der Waals surface area contributed by atoms with Crippen LogP contribution in [-0.4, -0.2) is 19.3 Å². The smallest absolute Gasteiger partial charge is 0.337 e. The average molecular weight is 202 g/mol. The van der Waals surface area contributed by atoms with Gasteiger partial charge in [0.05, 0.1) is 18.4 Å². The topological polar surface area (TPSA) is 50.7 Å². The van der Waals surface area contributed by atoms with Crippen LogP contribution >= 0.6 is 0 Å². The van der Waals surface area contributed by atoms with Crippen LogP contribution in [0.3, 0.4) is 0 Å². The minimum atomic E-state index is -0.350. The maximum Gasteiger partial charge on any atom is 0.337 e. The number of esters is 1. The second kappa shape index (κ2) is 3.96. The highest BCUT2D eigenvalue weighted by atomic mass is 16.5. The lowest BCUT2D eigenvalue weighted by Gasteiger charge is -2.06. The van der Waals surface area contributed by atoms with Gasteiger partial charge in [0, 0.05) is 6.21 Å². The van der Waals surface area contributed by atoms with Gasteiger partial charge in [-0.3, -0.25) is 5.43 Å². The molecule has 0 fully saturated rings. The minimum absolute atomic E-state index is 0.350. The number of hydrazone groups is 1. The molecule has 1 aliphatic heterocycles. The molecule has 0 saturated heterocycles. The van der Waals surface area contributed by atoms with Gasteiger partial charge >= 0.3 is 5.97 Å². The molecule has 0 saturated carbocycles. The zero-order chi connectivity index (χ0) is 10.7. The first-order valence-electron chi connectivity index (χ1n) is 4.49. The number of carbonyl (C=O) groups excluding carboxylic acids is 1. The summed E-state index contributed by atoms with van der Waals surface area (Å²) < 4.78 is 4.64. The zero-order valence-corrected chi connectivity index (χ0v) is 8.23. The lowest BCUT2D eigenvalue weighted by molar-refractivity contribution is 0.0601. The summed E-state index contributed by atoms with van der Waals surface area (Å²) in [6, 6.07) is 5.29. The summed E-state index contributed by atoms with van der Waals surface area (Å²) in [5.74, 6) is -0.350. The van der Waals surface area contributed by atoms with Crippen molar-refractivity contribution in [3.63, 3.8) is 0 Å². The Morgan fingerprint density at radius 1 is 1.47 bits per heavy atom. The highest BCUT2D eigenvalue weighted by Gasteiger charge is 2.08. The van der Waals surface area contributed by atoms with Crippen LogP contribution in [0, 0.1) is 0 Å². The largest absolute Gasteiger partial charge is 0.465 e. The normalized spacial score (nSPS) is 12.6. The minimum Gasteiger partial charge on any atom is -0.465 e. The van der Waals surface area contributed by atoms with E-state index in [-0.39, 0.29) is 5.97 Å². The molecule has 0 atom stereocenters. The highest BCUT2D eigenvalue weighted by Crippen LogP contribution is 2.21. The summed E-state index contributed by atoms with van der Waals surface area (Å²) in [5.41, 5.74) is 5.13. The van der Waals surface area contributed by atoms with Crippen molar-refractivity contribution >= 4 is 23.9 Å². The number of anilines is 1. The first kappa shape index (κ1) is 9.45. The van der Waals surface area contributed by atoms with Gasteiger partial charge in [0.25, 0.3) is 0 Å². The second-order valence-electron chi connectivity index (χ2n) is 3.04. The molecular formula is C11H10N2O2. The van der Waals surface area contributed by atoms with Crippen molar-refractivity contribution in [1.82, 2.24) is 0 Å². The Morgan fingerprint density at radius 2 is 2.33 bits per heavy atom. The number of hydrogen-bond donors (Lipinski definition) is 1. The first-order valence-corrected chi connectivity index (χ1v) is 4.49. The number of nitrogens with zero attached hydrogens (tertiary/aromatic N) is 1. The van der Waals surface area contributed by atoms with Crippen LogP contribution in [0.5, 0.6) is 0 Å². The molecule has 1 aromatic rings. The van der Waals surface area contributed by atoms with E-state index in [2.05, 4.69) is 15.3 Å². The van der Waals surface area contributed by atoms with E-state index >= 15 is 0 Å². The van der Waals surface area contributed by atoms with Gasteiger partial charge in [-0.25, -0.2) is 4.79 Å². The van der Waals surface area contributed by atoms with E-state index < -0.39 is 0 Å². The number of fused-ring (bicyclic) bond motifs is 1. The van der Waals surface area contributed by atoms with Gasteiger partial charge in [0.15, 0.2) is 0 Å². The predicted octanol–water partition coefficient (Wildman–Crippen LogP) is 1.90. The van der Waals surface area contributed by atoms with Crippen molar-refractivity contribution in [2.75, 3.05) is 12.5 Å². The van der Waals surface area contributed by atoms with Gasteiger partial charge in [-0.05, 0) is 23.8 Å². The molecule has 4 heteroatoms. The van der Waals surface area contributed by atoms with Crippen LogP contribution in [0.2, 0.25) is 0 Å². The molecule has 1 heterocycles. The molecule has 15 heavy (non-hydrogen) atoms. The quantitative estimate of drug-likeness (QED) is 0.707. The van der Waals surface area contributed by atoms with E-state index in [1.807, 2.05) is 18.2 Å². The number of methoxy groups -OCH3 is 1. The molecule has 0 bridgehead atoms. The number of hydrogen-bond acceptors (Lipinski definition) is 4. The molecule has 1 aliphatic rings. The summed E-state index contributed by atoms with van der Waals surface area (Å²) in [5, 5.41) is 3.92. The Kier molecular flexibility index (Phi) is 2.49. The standard InChI is InChI=1S/C11H10N2O2/c1-15-11(14)9-5-4-8-3-2-6-12-13-10(8)7-9/h2-7,13H,1H3. The SMILES string of the molecule is COC(=O)c1ccc2c(c1)NN=CC=C2. The number of rotatable bonds is 1. The number of allylic oxidation sites excluding steroid dienone is 1. The van der Waals surface area contributed by atoms with Crippen LogP contribution in [0.15, 0.2) is 29.4 Å². The molecule has 0 amide bonds. The highest BCUT2D eigenvalue weighted by molar-refractivity contribution is 5.92. The van der Waals surface area contributed by atoms with Gasteiger partial charge in [0.1, 0.15) is 0 Å². The van der Waals surface area contributed by atoms with E-state index in [9.17, 15) is 4.79 Å². The van der Waals surface area contributed by atoms with Crippen LogP contribution in [0.25, 0.3) is 6.08 Å². The fourth-order valence-electron chi connectivity index (χ4n) is 1.34. The number of carbonyl (C=O) groups is 1. The molecular weight excluding hydrogens is 192 g/mol. The lowest BCUT2D eigenvalue weighted by atomic mass is 10.1. The van der Waals surface area contributed by atoms with E-state index in [0.29, 0.717) is 5.56 Å². The number of nitrogens with one attached hydrogen (secondary N) is 1. The predicted molar refractivity (Wildman–Crippen MR) is 58.9 cm³/mol. The molecule has 0 aliphatic carbocycles. The van der Waals surface area contributed by atoms with Crippen molar-refractivity contribution in [1.29, 1.82) is 0 Å². The summed E-state index contributed by atoms with van der Waals surface area (Å²) >= 11 is 0. The van der Waals surface area contributed by atoms with Crippen LogP contribution < -0.4 is 5.43 Å². The summed E-state index contributed by atoms with van der Waals surface area (Å²) in [7, 11) is 1.36. The zero-order valence-electron chi connectivity index (χ0n) is 8.23. The fraction of sp³-hybridized carbons (Fsp3) is 0.0909. The molecule has 2 rings (SSSR count). The maximum absolute atomic E-state index is 11.3. The Morgan fingerprint density at radius 3 is 3.13 bits per heavy atom. The van der Waals surface area contributed by atoms with Crippen molar-refractivity contribution in [3.05, 3.63) is 35.4 Å². The van der Waals surface area contributed by atoms with Crippen molar-refractivity contribution in [2.24, 2.45) is 5.10 Å². The third-order valence-electron chi connectivity index (χ3n) is 2.10. The molecule has 76 valence electrons. The Hall–Kier alpha value is -2.10. The van der Waals surface area contributed by atoms with E-state index in [4.69, 9.17) is 0 Å². The van der Waals surface area contributed by atoms with Crippen LogP contribution in [0.1, 0.15) is 15.9 Å². The fourth-order valence-corrected chi connectivity index (χ4v) is 1.34. The summed E-state index contributed by atoms with van der Waals surface area (Å²) in [6.07, 6.45) is 5.40. The summed E-state index contributed by atoms with van der Waals surface area (Å²) in [6.45, 7) is 0. The van der Waals surface area contributed by atoms with Gasteiger partial charge < -0.3 is 4.74 Å². The Balaban J connectivity index is 2.42. The van der Waals surface area contributed by atoms with Crippen molar-refractivity contribution in [3.8, 4) is 0 Å². The lowest BCUT2D eigenvalue weighted by Crippen LogP contribution is -2.02. The van der Waals surface area contributed by atoms with E-state index in [1.165, 1.54) is 7.11 Å². The molecule has 0 aromatic heterocycles. The molecule has 0 spiro atoms. The average Bonchev–Trinajstić information content (AvgIpc) is 2.51. The van der Waals surface area contributed by atoms with E-state index in [0.717, 1.165) is 11.3 Å². The van der Waals surface area contributed by atoms with Crippen LogP contribution in [0.4, 0.5) is 5.69 Å². The molecule has 0 radical (unpaired) electrons. The molecule has 0 unspecified atom stereocenters. The number of ether oxygens (including phenoxy) is 1. The van der Waals surface area contributed by atoms with Crippen molar-refractivity contribution in [2.45, 2.75) is 0 Å². The Labute approximate surface area is 87.3 Å². The van der Waals surface area contributed by atoms with Crippen LogP contribution in [-0.2, 0) is 4.74 Å². The van der Waals surface area contributed by atoms with Gasteiger partial charge in [-0.1, -0.05) is 12.1 Å². The Bertz CT molecular complexity index is 450. The molecule has 1 N–H and O–H groups in total. The van der Waals surface area contributed by atoms with Crippen molar-refractivity contribution < 1.29 is 9.53 Å². The molecule has 1 aromatic carbocycles. The van der Waals surface area contributed by atoms with Gasteiger partial charge in [0.2, 0.25) is 0 Å².